The Morgan fingerprint density at radius 3 is 2.57 bits per heavy atom. The minimum absolute atomic E-state index is 0.0411. The van der Waals surface area contributed by atoms with Crippen molar-refractivity contribution >= 4 is 5.97 Å². The zero-order valence-electron chi connectivity index (χ0n) is 7.73. The Morgan fingerprint density at radius 1 is 1.71 bits per heavy atom. The molecule has 2 atom stereocenters. The molecule has 5 heteroatoms. The van der Waals surface area contributed by atoms with Crippen LogP contribution in [0.4, 0.5) is 13.2 Å². The number of alkyl halides is 3. The van der Waals surface area contributed by atoms with Crippen LogP contribution < -0.4 is 0 Å². The first-order chi connectivity index (χ1) is 6.40. The van der Waals surface area contributed by atoms with E-state index >= 15 is 0 Å². The van der Waals surface area contributed by atoms with Crippen molar-refractivity contribution in [1.29, 1.82) is 0 Å². The minimum Gasteiger partial charge on any atom is -0.465 e. The van der Waals surface area contributed by atoms with Crippen molar-refractivity contribution < 1.29 is 22.7 Å². The highest BCUT2D eigenvalue weighted by molar-refractivity contribution is 5.82. The summed E-state index contributed by atoms with van der Waals surface area (Å²) >= 11 is 0. The van der Waals surface area contributed by atoms with Gasteiger partial charge in [0.15, 0.2) is 5.41 Å². The van der Waals surface area contributed by atoms with Gasteiger partial charge in [0.2, 0.25) is 0 Å². The number of hydrogen-bond donors (Lipinski definition) is 0. The van der Waals surface area contributed by atoms with Crippen molar-refractivity contribution in [3.8, 4) is 0 Å². The molecule has 1 rings (SSSR count). The quantitative estimate of drug-likeness (QED) is 0.525. The van der Waals surface area contributed by atoms with Crippen molar-refractivity contribution in [2.24, 2.45) is 11.3 Å². The van der Waals surface area contributed by atoms with Crippen LogP contribution in [0.25, 0.3) is 0 Å². The van der Waals surface area contributed by atoms with Gasteiger partial charge < -0.3 is 4.74 Å². The summed E-state index contributed by atoms with van der Waals surface area (Å²) in [7, 11) is 0. The zero-order chi connectivity index (χ0) is 11.0. The molecule has 0 aromatic rings. The molecule has 0 spiro atoms. The largest absolute Gasteiger partial charge is 0.465 e. The van der Waals surface area contributed by atoms with Crippen LogP contribution in [-0.2, 0) is 9.53 Å². The maximum Gasteiger partial charge on any atom is 0.405 e. The number of halogens is 3. The molecule has 0 aromatic heterocycles. The molecule has 0 aromatic carbocycles. The fourth-order valence-electron chi connectivity index (χ4n) is 1.51. The Balaban J connectivity index is 2.87. The Kier molecular flexibility index (Phi) is 2.61. The van der Waals surface area contributed by atoms with E-state index in [4.69, 9.17) is 0 Å². The van der Waals surface area contributed by atoms with Crippen LogP contribution in [0.1, 0.15) is 13.3 Å². The Hall–Kier alpha value is -1.00. The average Bonchev–Trinajstić information content (AvgIpc) is 2.78. The lowest BCUT2D eigenvalue weighted by Gasteiger charge is -2.18. The fourth-order valence-corrected chi connectivity index (χ4v) is 1.51. The van der Waals surface area contributed by atoms with Gasteiger partial charge in [0.05, 0.1) is 6.61 Å². The molecule has 1 saturated carbocycles. The number of ether oxygens (including phenoxy) is 1. The van der Waals surface area contributed by atoms with Gasteiger partial charge in [-0.15, -0.1) is 6.58 Å². The third-order valence-corrected chi connectivity index (χ3v) is 2.44. The minimum atomic E-state index is -4.54. The van der Waals surface area contributed by atoms with Gasteiger partial charge in [-0.1, -0.05) is 6.08 Å². The van der Waals surface area contributed by atoms with Gasteiger partial charge in [0.25, 0.3) is 0 Å². The summed E-state index contributed by atoms with van der Waals surface area (Å²) in [5, 5.41) is 0. The van der Waals surface area contributed by atoms with Crippen LogP contribution in [0.5, 0.6) is 0 Å². The van der Waals surface area contributed by atoms with Gasteiger partial charge in [-0.25, -0.2) is 0 Å². The average molecular weight is 208 g/mol. The number of esters is 1. The molecule has 80 valence electrons. The number of hydrogen-bond acceptors (Lipinski definition) is 2. The highest BCUT2D eigenvalue weighted by Crippen LogP contribution is 2.63. The van der Waals surface area contributed by atoms with Crippen LogP contribution in [-0.4, -0.2) is 18.8 Å². The van der Waals surface area contributed by atoms with Crippen LogP contribution in [0.15, 0.2) is 12.7 Å². The van der Waals surface area contributed by atoms with E-state index in [-0.39, 0.29) is 13.0 Å². The van der Waals surface area contributed by atoms with Gasteiger partial charge in [0.1, 0.15) is 0 Å². The molecule has 0 unspecified atom stereocenters. The third-order valence-electron chi connectivity index (χ3n) is 2.44. The first-order valence-corrected chi connectivity index (χ1v) is 4.26. The predicted molar refractivity (Wildman–Crippen MR) is 43.4 cm³/mol. The van der Waals surface area contributed by atoms with Gasteiger partial charge >= 0.3 is 12.1 Å². The molecular weight excluding hydrogens is 197 g/mol. The maximum absolute atomic E-state index is 12.6. The zero-order valence-corrected chi connectivity index (χ0v) is 7.73. The van der Waals surface area contributed by atoms with E-state index in [1.54, 1.807) is 0 Å². The van der Waals surface area contributed by atoms with Crippen molar-refractivity contribution in [2.75, 3.05) is 6.61 Å². The maximum atomic E-state index is 12.6. The molecule has 2 nitrogen and oxygen atoms in total. The summed E-state index contributed by atoms with van der Waals surface area (Å²) in [5.41, 5.74) is -2.31. The van der Waals surface area contributed by atoms with Gasteiger partial charge in [-0.05, 0) is 13.3 Å². The SMILES string of the molecule is C=C[C@H]1C[C@@]1(C(=O)OCC)C(F)(F)F. The molecule has 1 aliphatic rings. The van der Waals surface area contributed by atoms with E-state index in [1.165, 1.54) is 6.92 Å². The van der Waals surface area contributed by atoms with E-state index in [1.807, 2.05) is 0 Å². The second-order valence-electron chi connectivity index (χ2n) is 3.24. The Bertz CT molecular complexity index is 259. The second-order valence-corrected chi connectivity index (χ2v) is 3.24. The molecule has 0 saturated heterocycles. The van der Waals surface area contributed by atoms with Gasteiger partial charge in [-0.2, -0.15) is 13.2 Å². The Labute approximate surface area is 79.7 Å². The van der Waals surface area contributed by atoms with Crippen molar-refractivity contribution in [1.82, 2.24) is 0 Å². The summed E-state index contributed by atoms with van der Waals surface area (Å²) < 4.78 is 42.1. The molecule has 1 aliphatic carbocycles. The summed E-state index contributed by atoms with van der Waals surface area (Å²) in [4.78, 5) is 11.2. The molecule has 1 fully saturated rings. The number of rotatable bonds is 3. The lowest BCUT2D eigenvalue weighted by atomic mass is 10.0. The smallest absolute Gasteiger partial charge is 0.405 e. The van der Waals surface area contributed by atoms with Crippen LogP contribution in [0.3, 0.4) is 0 Å². The first-order valence-electron chi connectivity index (χ1n) is 4.26. The molecule has 0 bridgehead atoms. The van der Waals surface area contributed by atoms with Gasteiger partial charge in [0, 0.05) is 5.92 Å². The monoisotopic (exact) mass is 208 g/mol. The van der Waals surface area contributed by atoms with E-state index in [0.717, 1.165) is 6.08 Å². The first kappa shape index (κ1) is 11.1. The molecule has 0 aliphatic heterocycles. The Morgan fingerprint density at radius 2 is 2.29 bits per heavy atom. The molecule has 0 radical (unpaired) electrons. The topological polar surface area (TPSA) is 26.3 Å². The highest BCUT2D eigenvalue weighted by atomic mass is 19.4. The van der Waals surface area contributed by atoms with Crippen molar-refractivity contribution in [2.45, 2.75) is 19.5 Å². The second kappa shape index (κ2) is 3.29. The number of allylic oxidation sites excluding steroid dienone is 1. The molecule has 0 N–H and O–H groups in total. The van der Waals surface area contributed by atoms with Crippen LogP contribution in [0.2, 0.25) is 0 Å². The van der Waals surface area contributed by atoms with E-state index in [9.17, 15) is 18.0 Å². The van der Waals surface area contributed by atoms with Crippen LogP contribution in [0, 0.1) is 11.3 Å². The standard InChI is InChI=1S/C9H11F3O2/c1-3-6-5-8(6,9(10,11)12)7(13)14-4-2/h3,6H,1,4-5H2,2H3/t6-,8+/m0/s1. The van der Waals surface area contributed by atoms with Crippen molar-refractivity contribution in [3.63, 3.8) is 0 Å². The van der Waals surface area contributed by atoms with E-state index in [2.05, 4.69) is 11.3 Å². The highest BCUT2D eigenvalue weighted by Gasteiger charge is 2.75. The number of carbonyl (C=O) groups excluding carboxylic acids is 1. The third kappa shape index (κ3) is 1.40. The predicted octanol–water partition coefficient (Wildman–Crippen LogP) is 2.30. The fraction of sp³-hybridized carbons (Fsp3) is 0.667. The van der Waals surface area contributed by atoms with Crippen molar-refractivity contribution in [3.05, 3.63) is 12.7 Å². The lowest BCUT2D eigenvalue weighted by molar-refractivity contribution is -0.208. The summed E-state index contributed by atoms with van der Waals surface area (Å²) in [6.07, 6.45) is -3.62. The van der Waals surface area contributed by atoms with Gasteiger partial charge in [-0.3, -0.25) is 4.79 Å². The molecule has 0 heterocycles. The lowest BCUT2D eigenvalue weighted by Crippen LogP contribution is -2.36. The van der Waals surface area contributed by atoms with E-state index < -0.39 is 23.5 Å². The summed E-state index contributed by atoms with van der Waals surface area (Å²) in [5.74, 6) is -2.01. The molecule has 0 amide bonds. The number of carbonyl (C=O) groups is 1. The molecule has 14 heavy (non-hydrogen) atoms. The summed E-state index contributed by atoms with van der Waals surface area (Å²) in [6, 6.07) is 0. The molecular formula is C9H11F3O2. The summed E-state index contributed by atoms with van der Waals surface area (Å²) in [6.45, 7) is 4.70. The van der Waals surface area contributed by atoms with E-state index in [0.29, 0.717) is 0 Å². The van der Waals surface area contributed by atoms with Crippen LogP contribution >= 0.6 is 0 Å². The normalized spacial score (nSPS) is 31.0.